The number of hydrogen-bond donors (Lipinski definition) is 0. The van der Waals surface area contributed by atoms with Crippen LogP contribution in [0.25, 0.3) is 0 Å². The molecule has 1 aromatic carbocycles. The van der Waals surface area contributed by atoms with E-state index in [1.165, 1.54) is 0 Å². The van der Waals surface area contributed by atoms with Gasteiger partial charge in [0.1, 0.15) is 0 Å². The monoisotopic (exact) mass is 172 g/mol. The highest BCUT2D eigenvalue weighted by Crippen LogP contribution is 1.79. The van der Waals surface area contributed by atoms with Gasteiger partial charge in [-0.05, 0) is 5.83 Å². The first-order valence-corrected chi connectivity index (χ1v) is 3.96. The molecule has 0 nitrogen and oxygen atoms in total. The van der Waals surface area contributed by atoms with Crippen LogP contribution in [0.15, 0.2) is 36.4 Å². The second-order valence-electron chi connectivity index (χ2n) is 1.15. The summed E-state index contributed by atoms with van der Waals surface area (Å²) in [5.74, 6) is 1.81. The molecule has 0 amide bonds. The van der Waals surface area contributed by atoms with E-state index in [0.29, 0.717) is 0 Å². The standard InChI is InChI=1S/C6H6.CH3Br/c1-2-4-6-5-3-1;1-2/h1-6H;1H3. The topological polar surface area (TPSA) is 0 Å². The Morgan fingerprint density at radius 3 is 0.875 bits per heavy atom. The smallest absolute Gasteiger partial charge is 0.00848 e. The Morgan fingerprint density at radius 2 is 0.750 bits per heavy atom. The minimum Gasteiger partial charge on any atom is -0.0966 e. The average molecular weight is 173 g/mol. The number of benzene rings is 1. The average Bonchev–Trinajstić information content (AvgIpc) is 1.96. The quantitative estimate of drug-likeness (QED) is 0.529. The van der Waals surface area contributed by atoms with E-state index in [1.54, 1.807) is 0 Å². The van der Waals surface area contributed by atoms with Crippen LogP contribution in [0.2, 0.25) is 0 Å². The van der Waals surface area contributed by atoms with E-state index in [0.717, 1.165) is 0 Å². The zero-order valence-corrected chi connectivity index (χ0v) is 6.43. The lowest BCUT2D eigenvalue weighted by Crippen LogP contribution is -1.47. The zero-order valence-electron chi connectivity index (χ0n) is 4.84. The molecule has 0 fully saturated rings. The third-order valence-corrected chi connectivity index (χ3v) is 0.667. The molecule has 0 bridgehead atoms. The SMILES string of the molecule is CBr.c1ccccc1. The van der Waals surface area contributed by atoms with Gasteiger partial charge in [0.25, 0.3) is 0 Å². The van der Waals surface area contributed by atoms with Crippen molar-refractivity contribution in [2.24, 2.45) is 0 Å². The Bertz CT molecular complexity index is 76.3. The maximum absolute atomic E-state index is 2.94. The molecule has 1 aromatic rings. The highest BCUT2D eigenvalue weighted by Gasteiger charge is 1.57. The molecule has 0 N–H and O–H groups in total. The van der Waals surface area contributed by atoms with Crippen LogP contribution < -0.4 is 0 Å². The Hall–Kier alpha value is -0.300. The summed E-state index contributed by atoms with van der Waals surface area (Å²) in [6, 6.07) is 12.0. The fraction of sp³-hybridized carbons (Fsp3) is 0.143. The summed E-state index contributed by atoms with van der Waals surface area (Å²) in [7, 11) is 0. The third-order valence-electron chi connectivity index (χ3n) is 0.667. The molecule has 44 valence electrons. The Labute approximate surface area is 58.7 Å². The van der Waals surface area contributed by atoms with Crippen molar-refractivity contribution in [3.63, 3.8) is 0 Å². The van der Waals surface area contributed by atoms with E-state index in [-0.39, 0.29) is 0 Å². The summed E-state index contributed by atoms with van der Waals surface area (Å²) in [6.07, 6.45) is 0. The molecule has 0 atom stereocenters. The molecular formula is C7H9Br. The predicted octanol–water partition coefficient (Wildman–Crippen LogP) is 2.70. The van der Waals surface area contributed by atoms with Crippen molar-refractivity contribution in [1.82, 2.24) is 0 Å². The first-order chi connectivity index (χ1) is 4.00. The molecule has 1 heteroatoms. The predicted molar refractivity (Wildman–Crippen MR) is 41.3 cm³/mol. The Kier molecular flexibility index (Phi) is 6.45. The minimum absolute atomic E-state index is 1.81. The first kappa shape index (κ1) is 7.70. The van der Waals surface area contributed by atoms with Crippen LogP contribution in [0.5, 0.6) is 0 Å². The molecular weight excluding hydrogens is 164 g/mol. The molecule has 0 aromatic heterocycles. The van der Waals surface area contributed by atoms with Gasteiger partial charge in [-0.1, -0.05) is 52.3 Å². The minimum atomic E-state index is 1.81. The van der Waals surface area contributed by atoms with Crippen LogP contribution in [0.3, 0.4) is 0 Å². The van der Waals surface area contributed by atoms with E-state index in [9.17, 15) is 0 Å². The molecule has 0 aliphatic carbocycles. The van der Waals surface area contributed by atoms with E-state index >= 15 is 0 Å². The molecule has 8 heavy (non-hydrogen) atoms. The van der Waals surface area contributed by atoms with Crippen molar-refractivity contribution in [3.8, 4) is 0 Å². The lowest BCUT2D eigenvalue weighted by atomic mass is 10.4. The highest BCUT2D eigenvalue weighted by molar-refractivity contribution is 9.08. The summed E-state index contributed by atoms with van der Waals surface area (Å²) in [5, 5.41) is 0. The van der Waals surface area contributed by atoms with Crippen LogP contribution in [-0.2, 0) is 0 Å². The van der Waals surface area contributed by atoms with Crippen molar-refractivity contribution in [2.45, 2.75) is 0 Å². The molecule has 0 unspecified atom stereocenters. The fourth-order valence-corrected chi connectivity index (χ4v) is 0.385. The summed E-state index contributed by atoms with van der Waals surface area (Å²) >= 11 is 2.94. The van der Waals surface area contributed by atoms with Gasteiger partial charge in [-0.3, -0.25) is 0 Å². The van der Waals surface area contributed by atoms with E-state index < -0.39 is 0 Å². The first-order valence-electron chi connectivity index (χ1n) is 2.38. The second-order valence-corrected chi connectivity index (χ2v) is 1.15. The van der Waals surface area contributed by atoms with Gasteiger partial charge in [-0.25, -0.2) is 0 Å². The van der Waals surface area contributed by atoms with Gasteiger partial charge in [0.05, 0.1) is 0 Å². The van der Waals surface area contributed by atoms with Gasteiger partial charge in [-0.2, -0.15) is 0 Å². The van der Waals surface area contributed by atoms with Crippen molar-refractivity contribution >= 4 is 15.9 Å². The molecule has 0 aliphatic heterocycles. The van der Waals surface area contributed by atoms with Crippen molar-refractivity contribution in [1.29, 1.82) is 0 Å². The van der Waals surface area contributed by atoms with Gasteiger partial charge >= 0.3 is 0 Å². The molecule has 0 aliphatic rings. The second kappa shape index (κ2) is 6.70. The molecule has 1 rings (SSSR count). The van der Waals surface area contributed by atoms with Crippen LogP contribution in [0.1, 0.15) is 0 Å². The highest BCUT2D eigenvalue weighted by atomic mass is 79.9. The summed E-state index contributed by atoms with van der Waals surface area (Å²) in [5.41, 5.74) is 0. The summed E-state index contributed by atoms with van der Waals surface area (Å²) < 4.78 is 0. The lowest BCUT2D eigenvalue weighted by Gasteiger charge is -1.69. The molecule has 0 spiro atoms. The van der Waals surface area contributed by atoms with Crippen molar-refractivity contribution < 1.29 is 0 Å². The number of hydrogen-bond acceptors (Lipinski definition) is 0. The van der Waals surface area contributed by atoms with Gasteiger partial charge in [-0.15, -0.1) is 0 Å². The van der Waals surface area contributed by atoms with E-state index in [4.69, 9.17) is 0 Å². The van der Waals surface area contributed by atoms with Gasteiger partial charge in [0.2, 0.25) is 0 Å². The Balaban J connectivity index is 0.000000222. The maximum Gasteiger partial charge on any atom is -0.00848 e. The number of halogens is 1. The molecule has 0 saturated carbocycles. The normalized spacial score (nSPS) is 6.75. The maximum atomic E-state index is 2.94. The summed E-state index contributed by atoms with van der Waals surface area (Å²) in [4.78, 5) is 0. The number of alkyl halides is 1. The van der Waals surface area contributed by atoms with Gasteiger partial charge in [0.15, 0.2) is 0 Å². The zero-order chi connectivity index (χ0) is 6.24. The molecule has 0 heterocycles. The molecule has 0 radical (unpaired) electrons. The lowest BCUT2D eigenvalue weighted by molar-refractivity contribution is 1.72. The van der Waals surface area contributed by atoms with E-state index in [2.05, 4.69) is 15.9 Å². The third kappa shape index (κ3) is 3.88. The number of rotatable bonds is 0. The van der Waals surface area contributed by atoms with Crippen LogP contribution in [-0.4, -0.2) is 5.83 Å². The van der Waals surface area contributed by atoms with Gasteiger partial charge < -0.3 is 0 Å². The molecule has 0 saturated heterocycles. The fourth-order valence-electron chi connectivity index (χ4n) is 0.385. The largest absolute Gasteiger partial charge is 0.0966 e. The summed E-state index contributed by atoms with van der Waals surface area (Å²) in [6.45, 7) is 0. The van der Waals surface area contributed by atoms with Gasteiger partial charge in [0, 0.05) is 0 Å². The van der Waals surface area contributed by atoms with Crippen LogP contribution in [0, 0.1) is 0 Å². The van der Waals surface area contributed by atoms with Crippen LogP contribution in [0.4, 0.5) is 0 Å². The van der Waals surface area contributed by atoms with E-state index in [1.807, 2.05) is 42.2 Å². The van der Waals surface area contributed by atoms with Crippen molar-refractivity contribution in [2.75, 3.05) is 5.83 Å². The van der Waals surface area contributed by atoms with Crippen molar-refractivity contribution in [3.05, 3.63) is 36.4 Å². The Morgan fingerprint density at radius 1 is 0.625 bits per heavy atom. The van der Waals surface area contributed by atoms with Crippen LogP contribution >= 0.6 is 15.9 Å².